The molecule has 0 aliphatic rings. The van der Waals surface area contributed by atoms with Crippen molar-refractivity contribution in [3.63, 3.8) is 0 Å². The van der Waals surface area contributed by atoms with Crippen molar-refractivity contribution in [1.82, 2.24) is 4.90 Å². The zero-order chi connectivity index (χ0) is 19.2. The molecule has 0 heterocycles. The van der Waals surface area contributed by atoms with Crippen molar-refractivity contribution < 1.29 is 22.7 Å². The first-order valence-corrected chi connectivity index (χ1v) is 9.74. The number of sulfone groups is 1. The van der Waals surface area contributed by atoms with E-state index in [1.165, 1.54) is 25.0 Å². The molecule has 2 amide bonds. The minimum atomic E-state index is -3.66. The van der Waals surface area contributed by atoms with Crippen molar-refractivity contribution in [3.05, 3.63) is 23.2 Å². The van der Waals surface area contributed by atoms with Crippen molar-refractivity contribution in [2.45, 2.75) is 25.0 Å². The van der Waals surface area contributed by atoms with Crippen LogP contribution >= 0.6 is 11.6 Å². The summed E-state index contributed by atoms with van der Waals surface area (Å²) in [6.07, 6.45) is 0.292. The number of halogens is 1. The van der Waals surface area contributed by atoms with Gasteiger partial charge in [0.15, 0.2) is 9.84 Å². The number of ether oxygens (including phenoxy) is 1. The summed E-state index contributed by atoms with van der Waals surface area (Å²) in [4.78, 5) is 25.1. The minimum Gasteiger partial charge on any atom is -0.495 e. The molecule has 0 radical (unpaired) electrons. The number of hydrogen-bond acceptors (Lipinski definition) is 5. The third kappa shape index (κ3) is 6.21. The van der Waals surface area contributed by atoms with E-state index in [1.807, 2.05) is 0 Å². The highest BCUT2D eigenvalue weighted by atomic mass is 35.5. The van der Waals surface area contributed by atoms with E-state index in [-0.39, 0.29) is 24.5 Å². The van der Waals surface area contributed by atoms with Crippen LogP contribution in [0.1, 0.15) is 19.8 Å². The summed E-state index contributed by atoms with van der Waals surface area (Å²) < 4.78 is 29.5. The number of methoxy groups -OCH3 is 1. The van der Waals surface area contributed by atoms with Gasteiger partial charge in [0.05, 0.1) is 17.9 Å². The van der Waals surface area contributed by atoms with Gasteiger partial charge in [0.2, 0.25) is 11.8 Å². The topological polar surface area (TPSA) is 92.8 Å². The quantitative estimate of drug-likeness (QED) is 0.732. The first-order valence-electron chi connectivity index (χ1n) is 7.64. The molecule has 1 aromatic rings. The summed E-state index contributed by atoms with van der Waals surface area (Å²) in [7, 11) is 1.01. The van der Waals surface area contributed by atoms with Crippen LogP contribution in [-0.2, 0) is 19.4 Å². The Balaban J connectivity index is 2.67. The predicted octanol–water partition coefficient (Wildman–Crippen LogP) is 1.96. The van der Waals surface area contributed by atoms with Crippen molar-refractivity contribution in [2.24, 2.45) is 0 Å². The third-order valence-electron chi connectivity index (χ3n) is 3.65. The molecule has 9 heteroatoms. The molecule has 0 unspecified atom stereocenters. The number of nitrogens with one attached hydrogen (secondary N) is 1. The highest BCUT2D eigenvalue weighted by molar-refractivity contribution is 7.92. The molecule has 1 aromatic carbocycles. The van der Waals surface area contributed by atoms with E-state index >= 15 is 0 Å². The fourth-order valence-corrected chi connectivity index (χ4v) is 3.52. The number of anilines is 1. The van der Waals surface area contributed by atoms with E-state index in [0.717, 1.165) is 0 Å². The Morgan fingerprint density at radius 1 is 1.32 bits per heavy atom. The van der Waals surface area contributed by atoms with Gasteiger partial charge in [0.1, 0.15) is 11.0 Å². The van der Waals surface area contributed by atoms with Crippen LogP contribution in [-0.4, -0.2) is 57.3 Å². The molecule has 0 aliphatic carbocycles. The number of rotatable bonds is 8. The van der Waals surface area contributed by atoms with E-state index in [4.69, 9.17) is 16.3 Å². The number of nitrogens with zero attached hydrogens (tertiary/aromatic N) is 1. The summed E-state index contributed by atoms with van der Waals surface area (Å²) >= 11 is 5.98. The van der Waals surface area contributed by atoms with E-state index in [2.05, 4.69) is 5.32 Å². The maximum atomic E-state index is 12.2. The molecule has 0 bridgehead atoms. The van der Waals surface area contributed by atoms with E-state index < -0.39 is 21.0 Å². The van der Waals surface area contributed by atoms with Gasteiger partial charge >= 0.3 is 0 Å². The molecule has 7 nitrogen and oxygen atoms in total. The SMILES string of the molecule is COc1ccc(NC(=O)[C@H](C)S(=O)(=O)CCCC(=O)N(C)C)cc1Cl. The van der Waals surface area contributed by atoms with Gasteiger partial charge in [-0.15, -0.1) is 0 Å². The van der Waals surface area contributed by atoms with Gasteiger partial charge < -0.3 is 15.0 Å². The lowest BCUT2D eigenvalue weighted by Gasteiger charge is -2.14. The van der Waals surface area contributed by atoms with E-state index in [1.54, 1.807) is 26.2 Å². The van der Waals surface area contributed by atoms with E-state index in [0.29, 0.717) is 16.5 Å². The van der Waals surface area contributed by atoms with Crippen LogP contribution in [0.4, 0.5) is 5.69 Å². The van der Waals surface area contributed by atoms with E-state index in [9.17, 15) is 18.0 Å². The Morgan fingerprint density at radius 2 is 1.96 bits per heavy atom. The van der Waals surface area contributed by atoms with Crippen LogP contribution in [0.3, 0.4) is 0 Å². The Hall–Kier alpha value is -1.80. The average Bonchev–Trinajstić information content (AvgIpc) is 2.53. The van der Waals surface area contributed by atoms with Gasteiger partial charge in [0.25, 0.3) is 0 Å². The van der Waals surface area contributed by atoms with Gasteiger partial charge in [-0.05, 0) is 31.5 Å². The molecule has 0 fully saturated rings. The molecule has 25 heavy (non-hydrogen) atoms. The lowest BCUT2D eigenvalue weighted by atomic mass is 10.3. The number of benzene rings is 1. The summed E-state index contributed by atoms with van der Waals surface area (Å²) in [6.45, 7) is 1.32. The van der Waals surface area contributed by atoms with Crippen LogP contribution < -0.4 is 10.1 Å². The molecule has 1 N–H and O–H groups in total. The van der Waals surface area contributed by atoms with Crippen molar-refractivity contribution in [3.8, 4) is 5.75 Å². The maximum Gasteiger partial charge on any atom is 0.242 e. The predicted molar refractivity (Wildman–Crippen MR) is 97.8 cm³/mol. The molecule has 1 atom stereocenters. The summed E-state index contributed by atoms with van der Waals surface area (Å²) in [5.74, 6) is -0.587. The van der Waals surface area contributed by atoms with Crippen LogP contribution in [0, 0.1) is 0 Å². The van der Waals surface area contributed by atoms with Gasteiger partial charge in [-0.1, -0.05) is 11.6 Å². The second-order valence-corrected chi connectivity index (χ2v) is 8.59. The smallest absolute Gasteiger partial charge is 0.242 e. The fraction of sp³-hybridized carbons (Fsp3) is 0.500. The first-order chi connectivity index (χ1) is 11.6. The van der Waals surface area contributed by atoms with Gasteiger partial charge in [-0.3, -0.25) is 9.59 Å². The van der Waals surface area contributed by atoms with Crippen LogP contribution in [0.2, 0.25) is 5.02 Å². The average molecular weight is 391 g/mol. The van der Waals surface area contributed by atoms with Crippen molar-refractivity contribution in [2.75, 3.05) is 32.3 Å². The maximum absolute atomic E-state index is 12.2. The highest BCUT2D eigenvalue weighted by Crippen LogP contribution is 2.27. The Kier molecular flexibility index (Phi) is 7.69. The molecule has 0 spiro atoms. The number of amides is 2. The van der Waals surface area contributed by atoms with Gasteiger partial charge in [-0.2, -0.15) is 0 Å². The third-order valence-corrected chi connectivity index (χ3v) is 6.09. The van der Waals surface area contributed by atoms with Gasteiger partial charge in [-0.25, -0.2) is 8.42 Å². The normalized spacial score (nSPS) is 12.4. The first kappa shape index (κ1) is 21.2. The lowest BCUT2D eigenvalue weighted by molar-refractivity contribution is -0.128. The van der Waals surface area contributed by atoms with Crippen LogP contribution in [0.5, 0.6) is 5.75 Å². The zero-order valence-corrected chi connectivity index (χ0v) is 16.3. The summed E-state index contributed by atoms with van der Waals surface area (Å²) in [5, 5.41) is 1.59. The second kappa shape index (κ2) is 9.05. The standard InChI is InChI=1S/C16H23ClN2O5S/c1-11(25(22,23)9-5-6-15(20)19(2)3)16(21)18-12-7-8-14(24-4)13(17)10-12/h7-8,10-11H,5-6,9H2,1-4H3,(H,18,21)/t11-/m0/s1. The number of carbonyl (C=O) groups is 2. The van der Waals surface area contributed by atoms with Crippen LogP contribution in [0.15, 0.2) is 18.2 Å². The summed E-state index contributed by atoms with van der Waals surface area (Å²) in [6, 6.07) is 4.62. The molecular formula is C16H23ClN2O5S. The minimum absolute atomic E-state index is 0.120. The largest absolute Gasteiger partial charge is 0.495 e. The lowest BCUT2D eigenvalue weighted by Crippen LogP contribution is -2.34. The number of carbonyl (C=O) groups excluding carboxylic acids is 2. The molecule has 0 saturated heterocycles. The Bertz CT molecular complexity index is 734. The van der Waals surface area contributed by atoms with Gasteiger partial charge in [0, 0.05) is 26.2 Å². The summed E-state index contributed by atoms with van der Waals surface area (Å²) in [5.41, 5.74) is 0.376. The van der Waals surface area contributed by atoms with Crippen LogP contribution in [0.25, 0.3) is 0 Å². The molecule has 140 valence electrons. The Labute approximate surface area is 153 Å². The number of hydrogen-bond donors (Lipinski definition) is 1. The Morgan fingerprint density at radius 3 is 2.48 bits per heavy atom. The molecule has 0 aliphatic heterocycles. The highest BCUT2D eigenvalue weighted by Gasteiger charge is 2.28. The molecule has 1 rings (SSSR count). The fourth-order valence-electron chi connectivity index (χ4n) is 1.98. The molecule has 0 saturated carbocycles. The van der Waals surface area contributed by atoms with Crippen molar-refractivity contribution in [1.29, 1.82) is 0 Å². The zero-order valence-electron chi connectivity index (χ0n) is 14.7. The molecular weight excluding hydrogens is 368 g/mol. The monoisotopic (exact) mass is 390 g/mol. The van der Waals surface area contributed by atoms with Crippen molar-refractivity contribution >= 4 is 38.9 Å². The second-order valence-electron chi connectivity index (χ2n) is 5.74. The molecule has 0 aromatic heterocycles.